The summed E-state index contributed by atoms with van der Waals surface area (Å²) in [5.41, 5.74) is 1.67. The fraction of sp³-hybridized carbons (Fsp3) is 0.250. The Hall–Kier alpha value is -1.69. The molecule has 94 valence electrons. The molecule has 0 aliphatic carbocycles. The van der Waals surface area contributed by atoms with E-state index in [1.54, 1.807) is 6.07 Å². The topological polar surface area (TPSA) is 68.0 Å². The molecule has 5 nitrogen and oxygen atoms in total. The van der Waals surface area contributed by atoms with Crippen LogP contribution in [0.3, 0.4) is 0 Å². The van der Waals surface area contributed by atoms with Crippen molar-refractivity contribution in [1.29, 1.82) is 0 Å². The van der Waals surface area contributed by atoms with Gasteiger partial charge in [0.2, 0.25) is 5.89 Å². The van der Waals surface area contributed by atoms with Gasteiger partial charge in [0.25, 0.3) is 5.91 Å². The molecule has 0 fully saturated rings. The van der Waals surface area contributed by atoms with E-state index >= 15 is 0 Å². The molecule has 1 amide bonds. The number of carbonyl (C=O) groups excluding carboxylic acids is 1. The molecule has 18 heavy (non-hydrogen) atoms. The van der Waals surface area contributed by atoms with E-state index in [9.17, 15) is 4.79 Å². The third-order valence-electron chi connectivity index (χ3n) is 2.34. The Morgan fingerprint density at radius 1 is 1.44 bits per heavy atom. The number of amides is 1. The van der Waals surface area contributed by atoms with Crippen molar-refractivity contribution in [1.82, 2.24) is 15.5 Å². The fourth-order valence-corrected chi connectivity index (χ4v) is 2.17. The van der Waals surface area contributed by atoms with E-state index in [4.69, 9.17) is 4.52 Å². The minimum Gasteiger partial charge on any atom is -0.352 e. The van der Waals surface area contributed by atoms with Crippen LogP contribution in [-0.2, 0) is 6.42 Å². The minimum atomic E-state index is -0.112. The molecule has 2 aromatic rings. The minimum absolute atomic E-state index is 0.112. The van der Waals surface area contributed by atoms with Crippen LogP contribution in [0, 0.1) is 6.92 Å². The summed E-state index contributed by atoms with van der Waals surface area (Å²) in [6.07, 6.45) is 1.87. The summed E-state index contributed by atoms with van der Waals surface area (Å²) in [5, 5.41) is 6.30. The highest BCUT2D eigenvalue weighted by molar-refractivity contribution is 9.10. The van der Waals surface area contributed by atoms with Crippen LogP contribution in [0.1, 0.15) is 21.8 Å². The number of nitrogens with zero attached hydrogens (tertiary/aromatic N) is 2. The molecule has 0 spiro atoms. The number of hydrogen-bond acceptors (Lipinski definition) is 4. The predicted molar refractivity (Wildman–Crippen MR) is 69.2 cm³/mol. The van der Waals surface area contributed by atoms with Gasteiger partial charge >= 0.3 is 0 Å². The van der Waals surface area contributed by atoms with E-state index in [1.165, 1.54) is 6.33 Å². The van der Waals surface area contributed by atoms with Crippen LogP contribution in [0.4, 0.5) is 0 Å². The molecule has 0 saturated heterocycles. The number of nitrogens with one attached hydrogen (secondary N) is 1. The van der Waals surface area contributed by atoms with Crippen LogP contribution in [0.25, 0.3) is 0 Å². The van der Waals surface area contributed by atoms with Gasteiger partial charge in [-0.25, -0.2) is 0 Å². The van der Waals surface area contributed by atoms with E-state index in [-0.39, 0.29) is 5.91 Å². The Morgan fingerprint density at radius 2 is 2.28 bits per heavy atom. The maximum Gasteiger partial charge on any atom is 0.251 e. The second-order valence-electron chi connectivity index (χ2n) is 3.86. The van der Waals surface area contributed by atoms with Crippen molar-refractivity contribution in [2.45, 2.75) is 13.3 Å². The van der Waals surface area contributed by atoms with Gasteiger partial charge in [-0.05, 0) is 30.7 Å². The number of halogens is 1. The van der Waals surface area contributed by atoms with Crippen LogP contribution < -0.4 is 5.32 Å². The van der Waals surface area contributed by atoms with E-state index in [1.807, 2.05) is 19.1 Å². The molecular weight excluding hydrogens is 298 g/mol. The zero-order chi connectivity index (χ0) is 13.0. The van der Waals surface area contributed by atoms with E-state index in [0.29, 0.717) is 24.4 Å². The van der Waals surface area contributed by atoms with Crippen LogP contribution in [0.5, 0.6) is 0 Å². The van der Waals surface area contributed by atoms with Gasteiger partial charge in [-0.1, -0.05) is 21.1 Å². The Balaban J connectivity index is 1.91. The molecule has 1 aromatic heterocycles. The van der Waals surface area contributed by atoms with Gasteiger partial charge in [0.15, 0.2) is 6.33 Å². The SMILES string of the molecule is Cc1cc(Br)cc(C(=O)NCCc2ncno2)c1. The van der Waals surface area contributed by atoms with Crippen molar-refractivity contribution in [2.24, 2.45) is 0 Å². The van der Waals surface area contributed by atoms with E-state index in [0.717, 1.165) is 10.0 Å². The van der Waals surface area contributed by atoms with Crippen LogP contribution >= 0.6 is 15.9 Å². The quantitative estimate of drug-likeness (QED) is 0.939. The summed E-state index contributed by atoms with van der Waals surface area (Å²) in [5.74, 6) is 0.402. The Kier molecular flexibility index (Phi) is 4.09. The lowest BCUT2D eigenvalue weighted by atomic mass is 10.1. The third kappa shape index (κ3) is 3.40. The van der Waals surface area contributed by atoms with Gasteiger partial charge in [0, 0.05) is 23.0 Å². The maximum atomic E-state index is 11.9. The Labute approximate surface area is 113 Å². The molecule has 0 bridgehead atoms. The molecule has 0 aliphatic rings. The van der Waals surface area contributed by atoms with Gasteiger partial charge in [0.05, 0.1) is 0 Å². The zero-order valence-corrected chi connectivity index (χ0v) is 11.4. The molecule has 0 atom stereocenters. The summed E-state index contributed by atoms with van der Waals surface area (Å²) < 4.78 is 5.73. The summed E-state index contributed by atoms with van der Waals surface area (Å²) >= 11 is 3.37. The second kappa shape index (κ2) is 5.77. The lowest BCUT2D eigenvalue weighted by Crippen LogP contribution is -2.25. The molecule has 1 N–H and O–H groups in total. The van der Waals surface area contributed by atoms with Gasteiger partial charge in [-0.15, -0.1) is 0 Å². The molecule has 0 unspecified atom stereocenters. The first-order chi connectivity index (χ1) is 8.65. The molecule has 0 aliphatic heterocycles. The number of benzene rings is 1. The number of rotatable bonds is 4. The fourth-order valence-electron chi connectivity index (χ4n) is 1.56. The number of carbonyl (C=O) groups is 1. The van der Waals surface area contributed by atoms with E-state index in [2.05, 4.69) is 31.4 Å². The van der Waals surface area contributed by atoms with Crippen molar-refractivity contribution in [3.63, 3.8) is 0 Å². The standard InChI is InChI=1S/C12H12BrN3O2/c1-8-4-9(6-10(13)5-8)12(17)14-3-2-11-15-7-16-18-11/h4-7H,2-3H2,1H3,(H,14,17). The van der Waals surface area contributed by atoms with Crippen molar-refractivity contribution >= 4 is 21.8 Å². The molecule has 6 heteroatoms. The van der Waals surface area contributed by atoms with Crippen molar-refractivity contribution in [3.8, 4) is 0 Å². The summed E-state index contributed by atoms with van der Waals surface area (Å²) in [6.45, 7) is 2.41. The maximum absolute atomic E-state index is 11.9. The van der Waals surface area contributed by atoms with Crippen LogP contribution in [-0.4, -0.2) is 22.6 Å². The highest BCUT2D eigenvalue weighted by Crippen LogP contribution is 2.15. The van der Waals surface area contributed by atoms with Crippen LogP contribution in [0.2, 0.25) is 0 Å². The summed E-state index contributed by atoms with van der Waals surface area (Å²) in [7, 11) is 0. The molecule has 0 saturated carbocycles. The lowest BCUT2D eigenvalue weighted by molar-refractivity contribution is 0.0953. The number of aryl methyl sites for hydroxylation is 1. The number of aromatic nitrogens is 2. The average Bonchev–Trinajstić information content (AvgIpc) is 2.80. The largest absolute Gasteiger partial charge is 0.352 e. The lowest BCUT2D eigenvalue weighted by Gasteiger charge is -2.05. The monoisotopic (exact) mass is 309 g/mol. The van der Waals surface area contributed by atoms with Gasteiger partial charge in [-0.2, -0.15) is 4.98 Å². The Morgan fingerprint density at radius 3 is 2.94 bits per heavy atom. The van der Waals surface area contributed by atoms with Crippen molar-refractivity contribution in [2.75, 3.05) is 6.54 Å². The smallest absolute Gasteiger partial charge is 0.251 e. The van der Waals surface area contributed by atoms with Crippen LogP contribution in [0.15, 0.2) is 33.5 Å². The second-order valence-corrected chi connectivity index (χ2v) is 4.77. The van der Waals surface area contributed by atoms with Crippen molar-refractivity contribution in [3.05, 3.63) is 46.0 Å². The van der Waals surface area contributed by atoms with Crippen molar-refractivity contribution < 1.29 is 9.32 Å². The molecular formula is C12H12BrN3O2. The summed E-state index contributed by atoms with van der Waals surface area (Å²) in [6, 6.07) is 5.58. The highest BCUT2D eigenvalue weighted by atomic mass is 79.9. The predicted octanol–water partition coefficient (Wildman–Crippen LogP) is 2.11. The first-order valence-electron chi connectivity index (χ1n) is 5.46. The first kappa shape index (κ1) is 12.8. The zero-order valence-electron chi connectivity index (χ0n) is 9.81. The summed E-state index contributed by atoms with van der Waals surface area (Å²) in [4.78, 5) is 15.8. The van der Waals surface area contributed by atoms with E-state index < -0.39 is 0 Å². The molecule has 1 aromatic carbocycles. The third-order valence-corrected chi connectivity index (χ3v) is 2.79. The van der Waals surface area contributed by atoms with Gasteiger partial charge < -0.3 is 9.84 Å². The number of hydrogen-bond donors (Lipinski definition) is 1. The molecule has 2 rings (SSSR count). The Bertz CT molecular complexity index is 520. The van der Waals surface area contributed by atoms with Gasteiger partial charge in [-0.3, -0.25) is 4.79 Å². The average molecular weight is 310 g/mol. The highest BCUT2D eigenvalue weighted by Gasteiger charge is 2.07. The molecule has 0 radical (unpaired) electrons. The van der Waals surface area contributed by atoms with Gasteiger partial charge in [0.1, 0.15) is 0 Å². The normalized spacial score (nSPS) is 10.3. The first-order valence-corrected chi connectivity index (χ1v) is 6.25. The molecule has 1 heterocycles.